The Balaban J connectivity index is 3.02. The topological polar surface area (TPSA) is 152 Å². The van der Waals surface area contributed by atoms with Crippen molar-refractivity contribution in [2.24, 2.45) is 5.73 Å². The molecule has 1 aliphatic rings. The number of carbonyl (C=O) groups excluding carboxylic acids is 1. The highest BCUT2D eigenvalue weighted by Gasteiger charge is 2.54. The summed E-state index contributed by atoms with van der Waals surface area (Å²) in [6.07, 6.45) is -5.98. The maximum Gasteiger partial charge on any atom is 0.366 e. The van der Waals surface area contributed by atoms with Crippen LogP contribution >= 0.6 is 0 Å². The van der Waals surface area contributed by atoms with Gasteiger partial charge >= 0.3 is 5.97 Å². The number of hydrogen-bond acceptors (Lipinski definition) is 9. The number of ether oxygens (including phenoxy) is 3. The molecule has 0 aromatic carbocycles. The second-order valence-electron chi connectivity index (χ2n) is 4.62. The molecule has 9 nitrogen and oxygen atoms in total. The van der Waals surface area contributed by atoms with Gasteiger partial charge in [-0.05, 0) is 0 Å². The quantitative estimate of drug-likeness (QED) is 0.328. The third kappa shape index (κ3) is 3.09. The number of hydrogen-bond donors (Lipinski definition) is 5. The van der Waals surface area contributed by atoms with Gasteiger partial charge in [-0.15, -0.1) is 0 Å². The van der Waals surface area contributed by atoms with Gasteiger partial charge in [0.05, 0.1) is 25.9 Å². The Hall–Kier alpha value is -0.810. The largest absolute Gasteiger partial charge is 0.465 e. The Kier molecular flexibility index (Phi) is 5.83. The first-order valence-electron chi connectivity index (χ1n) is 6.05. The van der Waals surface area contributed by atoms with Crippen molar-refractivity contribution in [3.8, 4) is 0 Å². The van der Waals surface area contributed by atoms with Gasteiger partial charge in [0, 0.05) is 13.5 Å². The first kappa shape index (κ1) is 17.2. The molecule has 1 heterocycles. The number of esters is 1. The minimum absolute atomic E-state index is 0.282. The van der Waals surface area contributed by atoms with Crippen LogP contribution in [0.1, 0.15) is 6.42 Å². The lowest BCUT2D eigenvalue weighted by Crippen LogP contribution is -2.66. The molecule has 20 heavy (non-hydrogen) atoms. The second kappa shape index (κ2) is 6.76. The average molecular weight is 295 g/mol. The van der Waals surface area contributed by atoms with Gasteiger partial charge < -0.3 is 40.4 Å². The first-order valence-corrected chi connectivity index (χ1v) is 6.05. The maximum absolute atomic E-state index is 11.8. The van der Waals surface area contributed by atoms with Gasteiger partial charge in [0.15, 0.2) is 0 Å². The summed E-state index contributed by atoms with van der Waals surface area (Å²) in [6.45, 7) is -0.734. The number of methoxy groups -OCH3 is 2. The van der Waals surface area contributed by atoms with E-state index in [0.717, 1.165) is 7.11 Å². The fourth-order valence-corrected chi connectivity index (χ4v) is 2.10. The number of nitrogens with two attached hydrogens (primary N) is 1. The van der Waals surface area contributed by atoms with Crippen LogP contribution in [0.5, 0.6) is 0 Å². The van der Waals surface area contributed by atoms with Crippen LogP contribution in [0.4, 0.5) is 0 Å². The van der Waals surface area contributed by atoms with Crippen molar-refractivity contribution in [3.63, 3.8) is 0 Å². The number of rotatable bonds is 5. The van der Waals surface area contributed by atoms with Gasteiger partial charge in [0.25, 0.3) is 5.79 Å². The van der Waals surface area contributed by atoms with E-state index in [1.54, 1.807) is 0 Å². The fourth-order valence-electron chi connectivity index (χ4n) is 2.10. The van der Waals surface area contributed by atoms with Crippen LogP contribution in [0.15, 0.2) is 0 Å². The third-order valence-electron chi connectivity index (χ3n) is 3.37. The van der Waals surface area contributed by atoms with Gasteiger partial charge in [0.1, 0.15) is 18.3 Å². The Bertz CT molecular complexity index is 340. The zero-order valence-electron chi connectivity index (χ0n) is 11.3. The maximum atomic E-state index is 11.8. The molecule has 0 saturated carbocycles. The van der Waals surface area contributed by atoms with Gasteiger partial charge in [-0.3, -0.25) is 0 Å². The van der Waals surface area contributed by atoms with E-state index in [2.05, 4.69) is 4.74 Å². The average Bonchev–Trinajstić information content (AvgIpc) is 2.47. The smallest absolute Gasteiger partial charge is 0.366 e. The summed E-state index contributed by atoms with van der Waals surface area (Å²) in [6, 6.07) is -1.07. The van der Waals surface area contributed by atoms with Gasteiger partial charge in [-0.1, -0.05) is 0 Å². The molecule has 1 rings (SSSR count). The van der Waals surface area contributed by atoms with Crippen LogP contribution in [0.25, 0.3) is 0 Å². The predicted molar refractivity (Wildman–Crippen MR) is 64.3 cm³/mol. The Morgan fingerprint density at radius 2 is 2.10 bits per heavy atom. The summed E-state index contributed by atoms with van der Waals surface area (Å²) in [5, 5.41) is 38.1. The molecule has 0 radical (unpaired) electrons. The van der Waals surface area contributed by atoms with Gasteiger partial charge in [0.2, 0.25) is 0 Å². The van der Waals surface area contributed by atoms with Crippen molar-refractivity contribution in [2.45, 2.75) is 42.7 Å². The van der Waals surface area contributed by atoms with Crippen molar-refractivity contribution in [2.75, 3.05) is 20.8 Å². The summed E-state index contributed by atoms with van der Waals surface area (Å²) < 4.78 is 14.9. The molecule has 0 aliphatic carbocycles. The zero-order valence-corrected chi connectivity index (χ0v) is 11.3. The standard InChI is InChI=1S/C11H21NO8/c1-18-10(17)11(19-2)3-5(14)7(12)9(20-11)8(16)6(15)4-13/h5-9,13-16H,3-4,12H2,1-2H3/t5-,6+,7+,8+,9+,11?/m0/s1. The molecule has 1 aliphatic heterocycles. The minimum atomic E-state index is -1.93. The summed E-state index contributed by atoms with van der Waals surface area (Å²) in [5.41, 5.74) is 5.70. The molecule has 1 saturated heterocycles. The summed E-state index contributed by atoms with van der Waals surface area (Å²) >= 11 is 0. The van der Waals surface area contributed by atoms with E-state index in [1.807, 2.05) is 0 Å². The molecule has 9 heteroatoms. The molecular weight excluding hydrogens is 274 g/mol. The number of aliphatic hydroxyl groups is 4. The van der Waals surface area contributed by atoms with Crippen LogP contribution in [0, 0.1) is 0 Å². The third-order valence-corrected chi connectivity index (χ3v) is 3.37. The lowest BCUT2D eigenvalue weighted by atomic mass is 9.89. The molecule has 118 valence electrons. The predicted octanol–water partition coefficient (Wildman–Crippen LogP) is -3.31. The van der Waals surface area contributed by atoms with Crippen molar-refractivity contribution in [3.05, 3.63) is 0 Å². The van der Waals surface area contributed by atoms with Crippen LogP contribution in [-0.2, 0) is 19.0 Å². The molecule has 6 atom stereocenters. The highest BCUT2D eigenvalue weighted by atomic mass is 16.7. The number of aliphatic hydroxyl groups excluding tert-OH is 4. The second-order valence-corrected chi connectivity index (χ2v) is 4.62. The van der Waals surface area contributed by atoms with Gasteiger partial charge in [-0.25, -0.2) is 4.79 Å². The van der Waals surface area contributed by atoms with Crippen LogP contribution in [-0.4, -0.2) is 83.5 Å². The molecule has 6 N–H and O–H groups in total. The molecule has 1 fully saturated rings. The van der Waals surface area contributed by atoms with Crippen molar-refractivity contribution in [1.82, 2.24) is 0 Å². The summed E-state index contributed by atoms with van der Waals surface area (Å²) in [7, 11) is 2.29. The monoisotopic (exact) mass is 295 g/mol. The van der Waals surface area contributed by atoms with E-state index in [9.17, 15) is 20.1 Å². The van der Waals surface area contributed by atoms with Gasteiger partial charge in [-0.2, -0.15) is 0 Å². The zero-order chi connectivity index (χ0) is 15.5. The molecule has 0 amide bonds. The highest BCUT2D eigenvalue weighted by Crippen LogP contribution is 2.32. The summed E-state index contributed by atoms with van der Waals surface area (Å²) in [5.74, 6) is -2.83. The van der Waals surface area contributed by atoms with E-state index < -0.39 is 48.8 Å². The van der Waals surface area contributed by atoms with Crippen molar-refractivity contribution < 1.29 is 39.4 Å². The Labute approximate surface area is 115 Å². The van der Waals surface area contributed by atoms with E-state index in [0.29, 0.717) is 0 Å². The van der Waals surface area contributed by atoms with Crippen molar-refractivity contribution >= 4 is 5.97 Å². The normalized spacial score (nSPS) is 37.2. The van der Waals surface area contributed by atoms with E-state index in [1.165, 1.54) is 7.11 Å². The fraction of sp³-hybridized carbons (Fsp3) is 0.909. The molecule has 0 spiro atoms. The molecule has 0 aromatic rings. The van der Waals surface area contributed by atoms with E-state index in [-0.39, 0.29) is 6.42 Å². The Morgan fingerprint density at radius 1 is 1.50 bits per heavy atom. The van der Waals surface area contributed by atoms with E-state index >= 15 is 0 Å². The van der Waals surface area contributed by atoms with Crippen LogP contribution < -0.4 is 5.73 Å². The minimum Gasteiger partial charge on any atom is -0.465 e. The highest BCUT2D eigenvalue weighted by molar-refractivity contribution is 5.78. The molecular formula is C11H21NO8. The Morgan fingerprint density at radius 3 is 2.55 bits per heavy atom. The van der Waals surface area contributed by atoms with Crippen LogP contribution in [0.2, 0.25) is 0 Å². The van der Waals surface area contributed by atoms with E-state index in [4.69, 9.17) is 20.3 Å². The molecule has 1 unspecified atom stereocenters. The van der Waals surface area contributed by atoms with Crippen LogP contribution in [0.3, 0.4) is 0 Å². The summed E-state index contributed by atoms with van der Waals surface area (Å²) in [4.78, 5) is 11.8. The van der Waals surface area contributed by atoms with Crippen molar-refractivity contribution in [1.29, 1.82) is 0 Å². The molecule has 0 aromatic heterocycles. The lowest BCUT2D eigenvalue weighted by Gasteiger charge is -2.45. The lowest BCUT2D eigenvalue weighted by molar-refractivity contribution is -0.302. The molecule has 0 bridgehead atoms. The SMILES string of the molecule is COC(=O)C1(OC)C[C@H](O)[C@@H](N)[C@H]([C@H](O)[C@H](O)CO)O1. The first-order chi connectivity index (χ1) is 9.32. The number of carbonyl (C=O) groups is 1.